The second-order valence-corrected chi connectivity index (χ2v) is 10.0. The van der Waals surface area contributed by atoms with Gasteiger partial charge in [-0.25, -0.2) is 0 Å². The Bertz CT molecular complexity index is 659. The molecule has 1 amide bonds. The van der Waals surface area contributed by atoms with E-state index in [9.17, 15) is 4.79 Å². The predicted molar refractivity (Wildman–Crippen MR) is 105 cm³/mol. The van der Waals surface area contributed by atoms with E-state index in [2.05, 4.69) is 25.7 Å². The molecule has 3 fully saturated rings. The molecule has 26 heavy (non-hydrogen) atoms. The van der Waals surface area contributed by atoms with Crippen LogP contribution in [0, 0.1) is 10.8 Å². The molecule has 2 unspecified atom stereocenters. The third kappa shape index (κ3) is 3.63. The Morgan fingerprint density at radius 3 is 2.42 bits per heavy atom. The summed E-state index contributed by atoms with van der Waals surface area (Å²) in [6.07, 6.45) is 10.0. The van der Waals surface area contributed by atoms with Gasteiger partial charge >= 0.3 is 0 Å². The number of carbonyl (C=O) groups excluding carboxylic acids is 1. The second-order valence-electron chi connectivity index (χ2n) is 10.0. The van der Waals surface area contributed by atoms with Gasteiger partial charge in [-0.15, -0.1) is 0 Å². The van der Waals surface area contributed by atoms with E-state index in [1.807, 2.05) is 24.3 Å². The first-order chi connectivity index (χ1) is 12.3. The zero-order chi connectivity index (χ0) is 18.4. The third-order valence-corrected chi connectivity index (χ3v) is 6.63. The van der Waals surface area contributed by atoms with Crippen LogP contribution in [0.4, 0.5) is 0 Å². The number of amides is 1. The minimum absolute atomic E-state index is 0.195. The van der Waals surface area contributed by atoms with Crippen molar-refractivity contribution in [1.82, 2.24) is 4.90 Å². The first-order valence-electron chi connectivity index (χ1n) is 10.4. The van der Waals surface area contributed by atoms with Gasteiger partial charge in [0.1, 0.15) is 5.75 Å². The summed E-state index contributed by atoms with van der Waals surface area (Å²) >= 11 is 0. The zero-order valence-electron chi connectivity index (χ0n) is 16.6. The summed E-state index contributed by atoms with van der Waals surface area (Å²) in [7, 11) is 0. The Morgan fingerprint density at radius 2 is 1.73 bits per heavy atom. The Balaban J connectivity index is 1.43. The van der Waals surface area contributed by atoms with Gasteiger partial charge in [-0.2, -0.15) is 0 Å². The summed E-state index contributed by atoms with van der Waals surface area (Å²) in [6, 6.07) is 8.27. The maximum atomic E-state index is 13.1. The van der Waals surface area contributed by atoms with Crippen LogP contribution in [0.5, 0.6) is 5.75 Å². The van der Waals surface area contributed by atoms with Crippen LogP contribution in [-0.4, -0.2) is 29.5 Å². The molecule has 0 spiro atoms. The van der Waals surface area contributed by atoms with Crippen LogP contribution < -0.4 is 4.74 Å². The fraction of sp³-hybridized carbons (Fsp3) is 0.696. The van der Waals surface area contributed by atoms with Gasteiger partial charge in [-0.3, -0.25) is 4.79 Å². The highest BCUT2D eigenvalue weighted by atomic mass is 16.5. The molecule has 2 saturated carbocycles. The van der Waals surface area contributed by atoms with Crippen LogP contribution in [0.3, 0.4) is 0 Å². The fourth-order valence-corrected chi connectivity index (χ4v) is 5.91. The lowest BCUT2D eigenvalue weighted by molar-refractivity contribution is 0.0708. The number of carbonyl (C=O) groups is 1. The van der Waals surface area contributed by atoms with Gasteiger partial charge in [-0.1, -0.05) is 27.2 Å². The number of likely N-dealkylation sites (tertiary alicyclic amines) is 1. The van der Waals surface area contributed by atoms with Crippen LogP contribution in [0.15, 0.2) is 24.3 Å². The molecule has 3 nitrogen and oxygen atoms in total. The minimum atomic E-state index is 0.195. The summed E-state index contributed by atoms with van der Waals surface area (Å²) in [4.78, 5) is 15.3. The Hall–Kier alpha value is -1.51. The van der Waals surface area contributed by atoms with Crippen LogP contribution in [-0.2, 0) is 0 Å². The van der Waals surface area contributed by atoms with E-state index in [1.165, 1.54) is 25.7 Å². The van der Waals surface area contributed by atoms with E-state index in [4.69, 9.17) is 4.74 Å². The van der Waals surface area contributed by atoms with Crippen molar-refractivity contribution in [2.45, 2.75) is 84.3 Å². The van der Waals surface area contributed by atoms with E-state index >= 15 is 0 Å². The molecule has 2 atom stereocenters. The maximum Gasteiger partial charge on any atom is 0.254 e. The standard InChI is InChI=1S/C23H33NO2/c1-22(2)13-18-14-23(3,15-22)16-24(18)21(25)17-9-11-20(12-10-17)26-19-7-5-4-6-8-19/h9-12,18-19H,4-8,13-16H2,1-3H3. The molecular formula is C23H33NO2. The van der Waals surface area contributed by atoms with Crippen LogP contribution in [0.1, 0.15) is 82.5 Å². The van der Waals surface area contributed by atoms with E-state index in [-0.39, 0.29) is 11.3 Å². The molecule has 3 aliphatic rings. The van der Waals surface area contributed by atoms with Gasteiger partial charge < -0.3 is 9.64 Å². The normalized spacial score (nSPS) is 31.0. The summed E-state index contributed by atoms with van der Waals surface area (Å²) < 4.78 is 6.10. The quantitative estimate of drug-likeness (QED) is 0.722. The lowest BCUT2D eigenvalue weighted by atomic mass is 9.65. The number of ether oxygens (including phenoxy) is 1. The van der Waals surface area contributed by atoms with Gasteiger partial charge in [-0.05, 0) is 80.0 Å². The Labute approximate surface area is 158 Å². The third-order valence-electron chi connectivity index (χ3n) is 6.63. The monoisotopic (exact) mass is 355 g/mol. The van der Waals surface area contributed by atoms with E-state index < -0.39 is 0 Å². The summed E-state index contributed by atoms with van der Waals surface area (Å²) in [5.41, 5.74) is 1.42. The van der Waals surface area contributed by atoms with E-state index in [0.29, 0.717) is 17.6 Å². The molecule has 2 aliphatic carbocycles. The smallest absolute Gasteiger partial charge is 0.254 e. The van der Waals surface area contributed by atoms with Crippen molar-refractivity contribution in [2.75, 3.05) is 6.54 Å². The number of benzene rings is 1. The zero-order valence-corrected chi connectivity index (χ0v) is 16.6. The Morgan fingerprint density at radius 1 is 1.04 bits per heavy atom. The molecule has 1 heterocycles. The van der Waals surface area contributed by atoms with Gasteiger partial charge in [0.25, 0.3) is 5.91 Å². The number of nitrogens with zero attached hydrogens (tertiary/aromatic N) is 1. The molecule has 1 aliphatic heterocycles. The molecule has 4 rings (SSSR count). The van der Waals surface area contributed by atoms with Crippen molar-refractivity contribution in [3.8, 4) is 5.75 Å². The molecule has 0 radical (unpaired) electrons. The number of hydrogen-bond donors (Lipinski definition) is 0. The van der Waals surface area contributed by atoms with Gasteiger partial charge in [0.05, 0.1) is 6.10 Å². The largest absolute Gasteiger partial charge is 0.490 e. The minimum Gasteiger partial charge on any atom is -0.490 e. The van der Waals surface area contributed by atoms with Crippen molar-refractivity contribution in [3.05, 3.63) is 29.8 Å². The van der Waals surface area contributed by atoms with E-state index in [1.54, 1.807) is 0 Å². The number of rotatable bonds is 3. The van der Waals surface area contributed by atoms with Gasteiger partial charge in [0.15, 0.2) is 0 Å². The molecule has 1 aromatic rings. The molecule has 0 N–H and O–H groups in total. The van der Waals surface area contributed by atoms with Crippen LogP contribution in [0.25, 0.3) is 0 Å². The molecule has 142 valence electrons. The summed E-state index contributed by atoms with van der Waals surface area (Å²) in [5, 5.41) is 0. The van der Waals surface area contributed by atoms with Crippen molar-refractivity contribution >= 4 is 5.91 Å². The van der Waals surface area contributed by atoms with Crippen LogP contribution in [0.2, 0.25) is 0 Å². The predicted octanol–water partition coefficient (Wildman–Crippen LogP) is 5.44. The van der Waals surface area contributed by atoms with Gasteiger partial charge in [0, 0.05) is 18.2 Å². The average Bonchev–Trinajstić information content (AvgIpc) is 2.85. The van der Waals surface area contributed by atoms with Gasteiger partial charge in [0.2, 0.25) is 0 Å². The number of hydrogen-bond acceptors (Lipinski definition) is 2. The lowest BCUT2D eigenvalue weighted by Crippen LogP contribution is -2.37. The molecule has 1 aromatic carbocycles. The van der Waals surface area contributed by atoms with Crippen molar-refractivity contribution in [3.63, 3.8) is 0 Å². The molecule has 1 saturated heterocycles. The van der Waals surface area contributed by atoms with Crippen LogP contribution >= 0.6 is 0 Å². The summed E-state index contributed by atoms with van der Waals surface area (Å²) in [6.45, 7) is 7.96. The lowest BCUT2D eigenvalue weighted by Gasteiger charge is -2.39. The SMILES string of the molecule is CC1(C)CC2CC(C)(CN2C(=O)c2ccc(OC3CCCCC3)cc2)C1. The highest BCUT2D eigenvalue weighted by Gasteiger charge is 2.50. The highest BCUT2D eigenvalue weighted by molar-refractivity contribution is 5.94. The van der Waals surface area contributed by atoms with E-state index in [0.717, 1.165) is 43.5 Å². The highest BCUT2D eigenvalue weighted by Crippen LogP contribution is 2.52. The fourth-order valence-electron chi connectivity index (χ4n) is 5.91. The molecule has 3 heteroatoms. The first-order valence-corrected chi connectivity index (χ1v) is 10.4. The second kappa shape index (κ2) is 6.58. The first kappa shape index (κ1) is 17.9. The number of fused-ring (bicyclic) bond motifs is 2. The Kier molecular flexibility index (Phi) is 4.53. The molecule has 2 bridgehead atoms. The topological polar surface area (TPSA) is 29.5 Å². The molecule has 0 aromatic heterocycles. The van der Waals surface area contributed by atoms with Crippen molar-refractivity contribution < 1.29 is 9.53 Å². The van der Waals surface area contributed by atoms with Crippen molar-refractivity contribution in [1.29, 1.82) is 0 Å². The maximum absolute atomic E-state index is 13.1. The average molecular weight is 356 g/mol. The summed E-state index contributed by atoms with van der Waals surface area (Å²) in [5.74, 6) is 1.10. The molecular weight excluding hydrogens is 322 g/mol. The van der Waals surface area contributed by atoms with Crippen molar-refractivity contribution in [2.24, 2.45) is 10.8 Å².